The van der Waals surface area contributed by atoms with Gasteiger partial charge in [-0.15, -0.1) is 0 Å². The van der Waals surface area contributed by atoms with Gasteiger partial charge in [0.25, 0.3) is 0 Å². The van der Waals surface area contributed by atoms with Gasteiger partial charge >= 0.3 is 6.18 Å². The molecule has 0 fully saturated rings. The highest BCUT2D eigenvalue weighted by atomic mass is 19.4. The third-order valence-corrected chi connectivity index (χ3v) is 4.65. The highest BCUT2D eigenvalue weighted by Gasteiger charge is 2.30. The largest absolute Gasteiger partial charge is 0.493 e. The second-order valence-electron chi connectivity index (χ2n) is 6.82. The SMILES string of the molecule is COc1cc(Nc2nccc(NCC(O)c3cccc(C(F)(F)F)c3)n2)cc(OC)c1OC. The van der Waals surface area contributed by atoms with Gasteiger partial charge in [0.05, 0.1) is 33.0 Å². The number of aromatic nitrogens is 2. The molecule has 3 aromatic rings. The van der Waals surface area contributed by atoms with Crippen LogP contribution in [-0.2, 0) is 6.18 Å². The smallest absolute Gasteiger partial charge is 0.416 e. The molecule has 0 saturated heterocycles. The van der Waals surface area contributed by atoms with Crippen molar-refractivity contribution in [2.45, 2.75) is 12.3 Å². The summed E-state index contributed by atoms with van der Waals surface area (Å²) in [6.07, 6.45) is -4.16. The van der Waals surface area contributed by atoms with Crippen LogP contribution in [0.5, 0.6) is 17.2 Å². The molecule has 11 heteroatoms. The number of aliphatic hydroxyl groups is 1. The number of nitrogens with one attached hydrogen (secondary N) is 2. The van der Waals surface area contributed by atoms with Crippen LogP contribution >= 0.6 is 0 Å². The molecular formula is C22H23F3N4O4. The molecule has 3 rings (SSSR count). The number of halogens is 3. The lowest BCUT2D eigenvalue weighted by Gasteiger charge is -2.16. The lowest BCUT2D eigenvalue weighted by molar-refractivity contribution is -0.137. The molecule has 2 aromatic carbocycles. The number of hydrogen-bond donors (Lipinski definition) is 3. The summed E-state index contributed by atoms with van der Waals surface area (Å²) in [6, 6.07) is 9.49. The number of benzene rings is 2. The minimum atomic E-state index is -4.48. The van der Waals surface area contributed by atoms with Crippen LogP contribution in [0.25, 0.3) is 0 Å². The molecule has 176 valence electrons. The van der Waals surface area contributed by atoms with Crippen LogP contribution in [0.3, 0.4) is 0 Å². The molecule has 1 aromatic heterocycles. The van der Waals surface area contributed by atoms with Gasteiger partial charge < -0.3 is 30.0 Å². The number of alkyl halides is 3. The molecule has 33 heavy (non-hydrogen) atoms. The summed E-state index contributed by atoms with van der Waals surface area (Å²) in [4.78, 5) is 8.46. The summed E-state index contributed by atoms with van der Waals surface area (Å²) in [5.74, 6) is 1.93. The van der Waals surface area contributed by atoms with E-state index in [1.165, 1.54) is 39.7 Å². The molecule has 0 aliphatic carbocycles. The van der Waals surface area contributed by atoms with Crippen LogP contribution in [0.4, 0.5) is 30.6 Å². The summed E-state index contributed by atoms with van der Waals surface area (Å²) >= 11 is 0. The quantitative estimate of drug-likeness (QED) is 0.429. The van der Waals surface area contributed by atoms with Gasteiger partial charge in [-0.1, -0.05) is 12.1 Å². The molecule has 0 radical (unpaired) electrons. The Labute approximate surface area is 188 Å². The number of nitrogens with zero attached hydrogens (tertiary/aromatic N) is 2. The summed E-state index contributed by atoms with van der Waals surface area (Å²) in [6.45, 7) is -0.0536. The maximum Gasteiger partial charge on any atom is 0.416 e. The zero-order valence-corrected chi connectivity index (χ0v) is 18.1. The van der Waals surface area contributed by atoms with Gasteiger partial charge in [0, 0.05) is 30.6 Å². The topological polar surface area (TPSA) is 97.8 Å². The van der Waals surface area contributed by atoms with Crippen LogP contribution in [0.1, 0.15) is 17.2 Å². The van der Waals surface area contributed by atoms with Crippen LogP contribution in [0.2, 0.25) is 0 Å². The Hall–Kier alpha value is -3.73. The summed E-state index contributed by atoms with van der Waals surface area (Å²) in [7, 11) is 4.50. The van der Waals surface area contributed by atoms with Crippen molar-refractivity contribution in [3.63, 3.8) is 0 Å². The van der Waals surface area contributed by atoms with Crippen molar-refractivity contribution >= 4 is 17.5 Å². The maximum atomic E-state index is 12.9. The number of methoxy groups -OCH3 is 3. The van der Waals surface area contributed by atoms with Crippen molar-refractivity contribution in [3.05, 3.63) is 59.8 Å². The monoisotopic (exact) mass is 464 g/mol. The minimum Gasteiger partial charge on any atom is -0.493 e. The van der Waals surface area contributed by atoms with Crippen LogP contribution in [0.15, 0.2) is 48.7 Å². The molecule has 0 saturated carbocycles. The lowest BCUT2D eigenvalue weighted by Crippen LogP contribution is -2.14. The number of anilines is 3. The lowest BCUT2D eigenvalue weighted by atomic mass is 10.1. The highest BCUT2D eigenvalue weighted by Crippen LogP contribution is 2.40. The van der Waals surface area contributed by atoms with E-state index in [-0.39, 0.29) is 18.1 Å². The fourth-order valence-electron chi connectivity index (χ4n) is 3.04. The summed E-state index contributed by atoms with van der Waals surface area (Å²) in [5.41, 5.74) is -0.106. The van der Waals surface area contributed by atoms with E-state index in [2.05, 4.69) is 20.6 Å². The first kappa shape index (κ1) is 23.9. The van der Waals surface area contributed by atoms with E-state index >= 15 is 0 Å². The molecule has 1 atom stereocenters. The Balaban J connectivity index is 1.71. The van der Waals surface area contributed by atoms with E-state index < -0.39 is 17.8 Å². The maximum absolute atomic E-state index is 12.9. The Bertz CT molecular complexity index is 1070. The third-order valence-electron chi connectivity index (χ3n) is 4.65. The van der Waals surface area contributed by atoms with Crippen molar-refractivity contribution in [2.75, 3.05) is 38.5 Å². The first-order chi connectivity index (χ1) is 15.7. The van der Waals surface area contributed by atoms with Gasteiger partial charge in [-0.25, -0.2) is 4.98 Å². The number of hydrogen-bond acceptors (Lipinski definition) is 8. The minimum absolute atomic E-state index is 0.0536. The van der Waals surface area contributed by atoms with Crippen molar-refractivity contribution in [2.24, 2.45) is 0 Å². The van der Waals surface area contributed by atoms with Crippen LogP contribution in [-0.4, -0.2) is 42.9 Å². The van der Waals surface area contributed by atoms with Crippen molar-refractivity contribution in [3.8, 4) is 17.2 Å². The molecule has 1 heterocycles. The molecule has 8 nitrogen and oxygen atoms in total. The molecule has 0 spiro atoms. The summed E-state index contributed by atoms with van der Waals surface area (Å²) < 4.78 is 54.6. The van der Waals surface area contributed by atoms with E-state index in [0.717, 1.165) is 12.1 Å². The average Bonchev–Trinajstić information content (AvgIpc) is 2.81. The number of rotatable bonds is 9. The Kier molecular flexibility index (Phi) is 7.44. The van der Waals surface area contributed by atoms with Gasteiger partial charge in [-0.2, -0.15) is 18.2 Å². The highest BCUT2D eigenvalue weighted by molar-refractivity contribution is 5.66. The Morgan fingerprint density at radius 2 is 1.70 bits per heavy atom. The van der Waals surface area contributed by atoms with Gasteiger partial charge in [0.1, 0.15) is 5.82 Å². The van der Waals surface area contributed by atoms with Crippen molar-refractivity contribution in [1.29, 1.82) is 0 Å². The zero-order chi connectivity index (χ0) is 24.0. The average molecular weight is 464 g/mol. The predicted octanol–water partition coefficient (Wildman–Crippen LogP) is 4.41. The Morgan fingerprint density at radius 1 is 1.00 bits per heavy atom. The molecule has 3 N–H and O–H groups in total. The predicted molar refractivity (Wildman–Crippen MR) is 116 cm³/mol. The van der Waals surface area contributed by atoms with E-state index in [4.69, 9.17) is 14.2 Å². The van der Waals surface area contributed by atoms with Gasteiger partial charge in [0.2, 0.25) is 11.7 Å². The molecule has 1 unspecified atom stereocenters. The third kappa shape index (κ3) is 5.95. The van der Waals surface area contributed by atoms with Crippen molar-refractivity contribution in [1.82, 2.24) is 9.97 Å². The number of aliphatic hydroxyl groups excluding tert-OH is 1. The van der Waals surface area contributed by atoms with Crippen LogP contribution < -0.4 is 24.8 Å². The van der Waals surface area contributed by atoms with Gasteiger partial charge in [0.15, 0.2) is 11.5 Å². The zero-order valence-electron chi connectivity index (χ0n) is 18.1. The molecule has 0 aliphatic heterocycles. The van der Waals surface area contributed by atoms with Gasteiger partial charge in [-0.05, 0) is 23.8 Å². The van der Waals surface area contributed by atoms with Crippen molar-refractivity contribution < 1.29 is 32.5 Å². The van der Waals surface area contributed by atoms with E-state index in [1.807, 2.05) is 0 Å². The molecule has 0 bridgehead atoms. The molecule has 0 aliphatic rings. The fraction of sp³-hybridized carbons (Fsp3) is 0.273. The number of ether oxygens (including phenoxy) is 3. The van der Waals surface area contributed by atoms with Gasteiger partial charge in [-0.3, -0.25) is 0 Å². The van der Waals surface area contributed by atoms with E-state index in [1.54, 1.807) is 18.2 Å². The molecule has 0 amide bonds. The normalized spacial score (nSPS) is 12.1. The molecular weight excluding hydrogens is 441 g/mol. The second-order valence-corrected chi connectivity index (χ2v) is 6.82. The van der Waals surface area contributed by atoms with E-state index in [9.17, 15) is 18.3 Å². The fourth-order valence-corrected chi connectivity index (χ4v) is 3.04. The summed E-state index contributed by atoms with van der Waals surface area (Å²) in [5, 5.41) is 16.2. The Morgan fingerprint density at radius 3 is 2.30 bits per heavy atom. The first-order valence-electron chi connectivity index (χ1n) is 9.74. The standard InChI is InChI=1S/C22H23F3N4O4/c1-31-17-10-15(11-18(32-2)20(17)33-3)28-21-26-8-7-19(29-21)27-12-16(30)13-5-4-6-14(9-13)22(23,24)25/h4-11,16,30H,12H2,1-3H3,(H2,26,27,28,29). The van der Waals surface area contributed by atoms with Crippen LogP contribution in [0, 0.1) is 0 Å². The first-order valence-corrected chi connectivity index (χ1v) is 9.74. The second kappa shape index (κ2) is 10.3. The van der Waals surface area contributed by atoms with E-state index in [0.29, 0.717) is 28.8 Å².